The number of phosphoric acid groups is 1. The Hall–Kier alpha value is -2.64. The molecule has 0 aliphatic rings. The number of allylic oxidation sites excluding steroid dienone is 6. The first-order chi connectivity index (χ1) is 25.9. The fraction of sp³-hybridized carbons (Fsp3) is 0.725. The summed E-state index contributed by atoms with van der Waals surface area (Å²) < 4.78 is 32.4. The number of aliphatic hydroxyl groups is 2. The van der Waals surface area contributed by atoms with Gasteiger partial charge in [0.2, 0.25) is 0 Å². The minimum absolute atomic E-state index is 0.0265. The lowest BCUT2D eigenvalue weighted by Gasteiger charge is -2.20. The van der Waals surface area contributed by atoms with Crippen molar-refractivity contribution in [1.29, 1.82) is 0 Å². The SMILES string of the molecule is CCCCCCCCCCCCCC(=O)O[C@H](COC(=O)CCC[C@@H](O)/C=C/C=C\C/C=C\C=C\[C@@H](O)CCCCC)COP(=O)(O)OC[C@H](N)C(=O)O. The Balaban J connectivity index is 4.65. The predicted octanol–water partition coefficient (Wildman–Crippen LogP) is 7.78. The van der Waals surface area contributed by atoms with Crippen LogP contribution in [0.5, 0.6) is 0 Å². The van der Waals surface area contributed by atoms with Gasteiger partial charge in [0.15, 0.2) is 6.10 Å². The number of aliphatic hydroxyl groups excluding tert-OH is 2. The van der Waals surface area contributed by atoms with Crippen molar-refractivity contribution in [2.24, 2.45) is 5.73 Å². The molecule has 13 nitrogen and oxygen atoms in total. The number of esters is 2. The van der Waals surface area contributed by atoms with Crippen LogP contribution in [0.1, 0.15) is 142 Å². The topological polar surface area (TPSA) is 212 Å². The molecule has 6 N–H and O–H groups in total. The van der Waals surface area contributed by atoms with Crippen LogP contribution >= 0.6 is 7.82 Å². The van der Waals surface area contributed by atoms with E-state index >= 15 is 0 Å². The third-order valence-electron chi connectivity index (χ3n) is 8.29. The number of unbranched alkanes of at least 4 members (excludes halogenated alkanes) is 12. The first kappa shape index (κ1) is 51.4. The van der Waals surface area contributed by atoms with E-state index < -0.39 is 69.9 Å². The Morgan fingerprint density at radius 1 is 0.648 bits per heavy atom. The van der Waals surface area contributed by atoms with Crippen LogP contribution in [0.2, 0.25) is 0 Å². The van der Waals surface area contributed by atoms with Gasteiger partial charge in [0.05, 0.1) is 25.4 Å². The standard InChI is InChI=1S/C40H70NO12P/c1-3-5-7-8-9-10-11-12-16-19-23-29-39(45)53-36(32-51-54(48,49)52-33-37(41)40(46)47)31-50-38(44)30-24-28-35(43)27-22-18-15-13-14-17-21-26-34(42)25-20-6-4-2/h14-15,17-18,21-22,26-27,34-37,42-43H,3-13,16,19-20,23-25,28-33,41H2,1-2H3,(H,46,47)(H,48,49)/b17-14-,18-15-,26-21+,27-22+/t34-,35-,36+,37-/m0/s1. The normalized spacial score (nSPS) is 15.5. The highest BCUT2D eigenvalue weighted by Gasteiger charge is 2.28. The Morgan fingerprint density at radius 3 is 1.69 bits per heavy atom. The molecule has 0 amide bonds. The quantitative estimate of drug-likeness (QED) is 0.0178. The molecule has 0 rings (SSSR count). The molecule has 14 heteroatoms. The smallest absolute Gasteiger partial charge is 0.472 e. The number of nitrogens with two attached hydrogens (primary N) is 1. The molecule has 0 spiro atoms. The summed E-state index contributed by atoms with van der Waals surface area (Å²) in [5.41, 5.74) is 5.30. The minimum atomic E-state index is -4.76. The summed E-state index contributed by atoms with van der Waals surface area (Å²) in [5.74, 6) is -2.64. The van der Waals surface area contributed by atoms with Gasteiger partial charge >= 0.3 is 25.7 Å². The van der Waals surface area contributed by atoms with Crippen LogP contribution in [-0.4, -0.2) is 82.3 Å². The number of carbonyl (C=O) groups excluding carboxylic acids is 2. The molecule has 0 bridgehead atoms. The number of hydrogen-bond donors (Lipinski definition) is 5. The maximum absolute atomic E-state index is 12.5. The van der Waals surface area contributed by atoms with Gasteiger partial charge in [-0.1, -0.05) is 146 Å². The van der Waals surface area contributed by atoms with Crippen LogP contribution in [0.3, 0.4) is 0 Å². The van der Waals surface area contributed by atoms with Gasteiger partial charge < -0.3 is 35.4 Å². The van der Waals surface area contributed by atoms with Gasteiger partial charge in [-0.2, -0.15) is 0 Å². The van der Waals surface area contributed by atoms with Crippen LogP contribution in [0.25, 0.3) is 0 Å². The van der Waals surface area contributed by atoms with Crippen LogP contribution in [-0.2, 0) is 37.5 Å². The fourth-order valence-corrected chi connectivity index (χ4v) is 5.82. The number of hydrogen-bond acceptors (Lipinski definition) is 11. The van der Waals surface area contributed by atoms with Gasteiger partial charge in [0.1, 0.15) is 12.6 Å². The number of ether oxygens (including phenoxy) is 2. The molecule has 0 heterocycles. The largest absolute Gasteiger partial charge is 0.480 e. The number of carboxylic acids is 1. The van der Waals surface area contributed by atoms with E-state index in [4.69, 9.17) is 24.8 Å². The zero-order valence-electron chi connectivity index (χ0n) is 32.8. The van der Waals surface area contributed by atoms with E-state index in [0.29, 0.717) is 25.7 Å². The first-order valence-electron chi connectivity index (χ1n) is 19.9. The zero-order valence-corrected chi connectivity index (χ0v) is 33.7. The number of carboxylic acid groups (broad SMARTS) is 1. The second-order valence-corrected chi connectivity index (χ2v) is 14.9. The molecule has 5 atom stereocenters. The van der Waals surface area contributed by atoms with Crippen molar-refractivity contribution in [2.75, 3.05) is 19.8 Å². The van der Waals surface area contributed by atoms with Crippen molar-refractivity contribution in [3.8, 4) is 0 Å². The van der Waals surface area contributed by atoms with Crippen molar-refractivity contribution < 1.29 is 57.7 Å². The molecule has 1 unspecified atom stereocenters. The summed E-state index contributed by atoms with van der Waals surface area (Å²) in [7, 11) is -4.76. The molecule has 0 saturated heterocycles. The molecule has 0 aromatic heterocycles. The van der Waals surface area contributed by atoms with E-state index in [1.807, 2.05) is 30.4 Å². The van der Waals surface area contributed by atoms with E-state index in [9.17, 15) is 34.1 Å². The molecule has 0 saturated carbocycles. The maximum Gasteiger partial charge on any atom is 0.472 e. The summed E-state index contributed by atoms with van der Waals surface area (Å²) in [4.78, 5) is 45.8. The van der Waals surface area contributed by atoms with Crippen molar-refractivity contribution in [3.05, 3.63) is 48.6 Å². The maximum atomic E-state index is 12.5. The molecular formula is C40H70NO12P. The third-order valence-corrected chi connectivity index (χ3v) is 9.24. The molecule has 0 fully saturated rings. The first-order valence-corrected chi connectivity index (χ1v) is 21.4. The van der Waals surface area contributed by atoms with Gasteiger partial charge in [0.25, 0.3) is 0 Å². The Kier molecular flexibility index (Phi) is 33.1. The van der Waals surface area contributed by atoms with Gasteiger partial charge in [-0.25, -0.2) is 4.57 Å². The molecule has 312 valence electrons. The minimum Gasteiger partial charge on any atom is -0.480 e. The number of rotatable bonds is 36. The monoisotopic (exact) mass is 787 g/mol. The second kappa shape index (κ2) is 34.8. The summed E-state index contributed by atoms with van der Waals surface area (Å²) in [6.07, 6.45) is 29.7. The molecule has 0 aliphatic carbocycles. The number of aliphatic carboxylic acids is 1. The number of phosphoric ester groups is 1. The van der Waals surface area contributed by atoms with Crippen molar-refractivity contribution >= 4 is 25.7 Å². The van der Waals surface area contributed by atoms with Gasteiger partial charge in [-0.05, 0) is 32.1 Å². The average molecular weight is 788 g/mol. The van der Waals surface area contributed by atoms with E-state index in [2.05, 4.69) is 18.4 Å². The summed E-state index contributed by atoms with van der Waals surface area (Å²) in [6.45, 7) is 2.43. The molecule has 0 aliphatic heterocycles. The molecule has 0 aromatic carbocycles. The zero-order chi connectivity index (χ0) is 40.3. The molecule has 0 radical (unpaired) electrons. The average Bonchev–Trinajstić information content (AvgIpc) is 3.13. The Labute approximate surface area is 323 Å². The van der Waals surface area contributed by atoms with E-state index in [1.165, 1.54) is 44.9 Å². The molecular weight excluding hydrogens is 717 g/mol. The summed E-state index contributed by atoms with van der Waals surface area (Å²) in [5, 5.41) is 29.0. The Bertz CT molecular complexity index is 1140. The van der Waals surface area contributed by atoms with Crippen molar-refractivity contribution in [3.63, 3.8) is 0 Å². The van der Waals surface area contributed by atoms with Crippen LogP contribution in [0.15, 0.2) is 48.6 Å². The van der Waals surface area contributed by atoms with E-state index in [1.54, 1.807) is 18.2 Å². The van der Waals surface area contributed by atoms with E-state index in [0.717, 1.165) is 44.9 Å². The van der Waals surface area contributed by atoms with Gasteiger partial charge in [-0.3, -0.25) is 23.4 Å². The second-order valence-electron chi connectivity index (χ2n) is 13.5. The van der Waals surface area contributed by atoms with Gasteiger partial charge in [0, 0.05) is 12.8 Å². The fourth-order valence-electron chi connectivity index (χ4n) is 5.04. The predicted molar refractivity (Wildman–Crippen MR) is 210 cm³/mol. The van der Waals surface area contributed by atoms with Crippen LogP contribution in [0.4, 0.5) is 0 Å². The molecule has 54 heavy (non-hydrogen) atoms. The van der Waals surface area contributed by atoms with Gasteiger partial charge in [-0.15, -0.1) is 0 Å². The highest BCUT2D eigenvalue weighted by molar-refractivity contribution is 7.47. The highest BCUT2D eigenvalue weighted by Crippen LogP contribution is 2.43. The van der Waals surface area contributed by atoms with E-state index in [-0.39, 0.29) is 12.8 Å². The lowest BCUT2D eigenvalue weighted by molar-refractivity contribution is -0.161. The lowest BCUT2D eigenvalue weighted by atomic mass is 10.1. The molecule has 0 aromatic rings. The highest BCUT2D eigenvalue weighted by atomic mass is 31.2. The van der Waals surface area contributed by atoms with Crippen molar-refractivity contribution in [1.82, 2.24) is 0 Å². The number of carbonyl (C=O) groups is 3. The van der Waals surface area contributed by atoms with Crippen LogP contribution < -0.4 is 5.73 Å². The summed E-state index contributed by atoms with van der Waals surface area (Å²) >= 11 is 0. The van der Waals surface area contributed by atoms with Crippen LogP contribution in [0, 0.1) is 0 Å². The third kappa shape index (κ3) is 33.9. The Morgan fingerprint density at radius 2 is 1.13 bits per heavy atom. The summed E-state index contributed by atoms with van der Waals surface area (Å²) in [6, 6.07) is -1.55. The van der Waals surface area contributed by atoms with Crippen molar-refractivity contribution in [2.45, 2.75) is 167 Å². The lowest BCUT2D eigenvalue weighted by Crippen LogP contribution is -2.34.